The minimum Gasteiger partial charge on any atom is -0.354 e. The van der Waals surface area contributed by atoms with Crippen LogP contribution in [0.3, 0.4) is 0 Å². The molecule has 0 saturated heterocycles. The zero-order valence-electron chi connectivity index (χ0n) is 8.69. The highest BCUT2D eigenvalue weighted by Crippen LogP contribution is 1.97. The molecule has 0 unspecified atom stereocenters. The van der Waals surface area contributed by atoms with Crippen molar-refractivity contribution in [1.82, 2.24) is 4.57 Å². The summed E-state index contributed by atoms with van der Waals surface area (Å²) in [7, 11) is 3.10. The maximum absolute atomic E-state index is 11.4. The Balaban J connectivity index is 2.85. The van der Waals surface area contributed by atoms with E-state index in [1.807, 2.05) is 6.92 Å². The number of hydrogen-bond acceptors (Lipinski definition) is 3. The molecule has 0 spiro atoms. The smallest absolute Gasteiger partial charge is 0.250 e. The Morgan fingerprint density at radius 2 is 2.00 bits per heavy atom. The van der Waals surface area contributed by atoms with Gasteiger partial charge in [0.05, 0.1) is 6.54 Å². The van der Waals surface area contributed by atoms with Crippen molar-refractivity contribution in [2.45, 2.75) is 19.8 Å². The van der Waals surface area contributed by atoms with Crippen molar-refractivity contribution < 1.29 is 9.47 Å². The highest BCUT2D eigenvalue weighted by Gasteiger charge is 2.06. The number of methoxy groups -OCH3 is 2. The summed E-state index contributed by atoms with van der Waals surface area (Å²) < 4.78 is 11.6. The first-order valence-corrected chi connectivity index (χ1v) is 4.40. The first-order chi connectivity index (χ1) is 6.67. The predicted octanol–water partition coefficient (Wildman–Crippen LogP) is 0.776. The fraction of sp³-hybridized carbons (Fsp3) is 0.500. The van der Waals surface area contributed by atoms with Crippen LogP contribution in [0.15, 0.2) is 23.1 Å². The lowest BCUT2D eigenvalue weighted by atomic mass is 10.3. The summed E-state index contributed by atoms with van der Waals surface area (Å²) in [5.74, 6) is 0. The molecule has 4 heteroatoms. The van der Waals surface area contributed by atoms with Gasteiger partial charge in [-0.1, -0.05) is 6.07 Å². The number of hydrogen-bond donors (Lipinski definition) is 0. The third-order valence-corrected chi connectivity index (χ3v) is 2.00. The van der Waals surface area contributed by atoms with E-state index in [1.54, 1.807) is 31.0 Å². The number of aryl methyl sites for hydroxylation is 1. The van der Waals surface area contributed by atoms with Crippen LogP contribution in [-0.4, -0.2) is 25.1 Å². The molecule has 0 bridgehead atoms. The Labute approximate surface area is 83.1 Å². The first-order valence-electron chi connectivity index (χ1n) is 4.40. The van der Waals surface area contributed by atoms with Gasteiger partial charge in [-0.05, 0) is 12.5 Å². The van der Waals surface area contributed by atoms with Gasteiger partial charge in [-0.25, -0.2) is 0 Å². The number of rotatable bonds is 4. The van der Waals surface area contributed by atoms with E-state index in [0.717, 1.165) is 5.56 Å². The van der Waals surface area contributed by atoms with E-state index >= 15 is 0 Å². The highest BCUT2D eigenvalue weighted by atomic mass is 16.7. The van der Waals surface area contributed by atoms with E-state index < -0.39 is 0 Å². The Morgan fingerprint density at radius 1 is 1.36 bits per heavy atom. The van der Waals surface area contributed by atoms with Gasteiger partial charge in [0, 0.05) is 26.5 Å². The Morgan fingerprint density at radius 3 is 2.57 bits per heavy atom. The molecule has 0 aliphatic rings. The molecular formula is C10H15NO3. The number of pyridine rings is 1. The van der Waals surface area contributed by atoms with Crippen molar-refractivity contribution in [2.24, 2.45) is 0 Å². The van der Waals surface area contributed by atoms with Crippen LogP contribution in [0, 0.1) is 6.92 Å². The van der Waals surface area contributed by atoms with Gasteiger partial charge in [0.15, 0.2) is 6.29 Å². The zero-order chi connectivity index (χ0) is 10.6. The Kier molecular flexibility index (Phi) is 3.85. The van der Waals surface area contributed by atoms with Crippen LogP contribution in [-0.2, 0) is 16.0 Å². The van der Waals surface area contributed by atoms with Crippen LogP contribution in [0.5, 0.6) is 0 Å². The minimum atomic E-state index is -0.380. The fourth-order valence-corrected chi connectivity index (χ4v) is 1.20. The summed E-state index contributed by atoms with van der Waals surface area (Å²) >= 11 is 0. The van der Waals surface area contributed by atoms with E-state index in [1.165, 1.54) is 6.07 Å². The van der Waals surface area contributed by atoms with Gasteiger partial charge in [0.25, 0.3) is 5.56 Å². The quantitative estimate of drug-likeness (QED) is 0.669. The van der Waals surface area contributed by atoms with Gasteiger partial charge < -0.3 is 14.0 Å². The topological polar surface area (TPSA) is 40.5 Å². The predicted molar refractivity (Wildman–Crippen MR) is 53.2 cm³/mol. The van der Waals surface area contributed by atoms with E-state index in [2.05, 4.69) is 0 Å². The van der Waals surface area contributed by atoms with Crippen molar-refractivity contribution in [3.63, 3.8) is 0 Å². The van der Waals surface area contributed by atoms with Crippen molar-refractivity contribution in [2.75, 3.05) is 14.2 Å². The summed E-state index contributed by atoms with van der Waals surface area (Å²) in [6.45, 7) is 2.35. The van der Waals surface area contributed by atoms with Crippen LogP contribution in [0.4, 0.5) is 0 Å². The third kappa shape index (κ3) is 2.68. The number of ether oxygens (including phenoxy) is 2. The van der Waals surface area contributed by atoms with E-state index in [-0.39, 0.29) is 11.8 Å². The van der Waals surface area contributed by atoms with E-state index in [4.69, 9.17) is 9.47 Å². The molecule has 4 nitrogen and oxygen atoms in total. The molecule has 0 atom stereocenters. The third-order valence-electron chi connectivity index (χ3n) is 2.00. The van der Waals surface area contributed by atoms with Crippen LogP contribution < -0.4 is 5.56 Å². The zero-order valence-corrected chi connectivity index (χ0v) is 8.69. The van der Waals surface area contributed by atoms with Crippen LogP contribution in [0.2, 0.25) is 0 Å². The minimum absolute atomic E-state index is 0.0466. The molecule has 1 aromatic heterocycles. The van der Waals surface area contributed by atoms with Gasteiger partial charge in [-0.3, -0.25) is 4.79 Å². The summed E-state index contributed by atoms with van der Waals surface area (Å²) in [4.78, 5) is 11.4. The van der Waals surface area contributed by atoms with Crippen molar-refractivity contribution in [1.29, 1.82) is 0 Å². The average molecular weight is 197 g/mol. The summed E-state index contributed by atoms with van der Waals surface area (Å²) in [6.07, 6.45) is 1.40. The van der Waals surface area contributed by atoms with E-state index in [0.29, 0.717) is 6.54 Å². The SMILES string of the molecule is COC(Cn1cc(C)ccc1=O)OC. The molecule has 78 valence electrons. The normalized spacial score (nSPS) is 10.9. The molecule has 0 saturated carbocycles. The Bertz CT molecular complexity index is 341. The number of aromatic nitrogens is 1. The molecule has 0 aliphatic heterocycles. The molecule has 1 rings (SSSR count). The largest absolute Gasteiger partial charge is 0.354 e. The van der Waals surface area contributed by atoms with Crippen LogP contribution in [0.1, 0.15) is 5.56 Å². The maximum Gasteiger partial charge on any atom is 0.250 e. The second kappa shape index (κ2) is 4.93. The second-order valence-corrected chi connectivity index (χ2v) is 3.10. The lowest BCUT2D eigenvalue weighted by Crippen LogP contribution is -2.28. The second-order valence-electron chi connectivity index (χ2n) is 3.10. The van der Waals surface area contributed by atoms with Gasteiger partial charge in [0.2, 0.25) is 0 Å². The lowest BCUT2D eigenvalue weighted by Gasteiger charge is -2.14. The molecule has 0 radical (unpaired) electrons. The molecule has 0 amide bonds. The van der Waals surface area contributed by atoms with Crippen LogP contribution >= 0.6 is 0 Å². The summed E-state index contributed by atoms with van der Waals surface area (Å²) in [5, 5.41) is 0. The maximum atomic E-state index is 11.4. The molecular weight excluding hydrogens is 182 g/mol. The molecule has 0 N–H and O–H groups in total. The highest BCUT2D eigenvalue weighted by molar-refractivity contribution is 5.07. The molecule has 1 aromatic rings. The van der Waals surface area contributed by atoms with Crippen molar-refractivity contribution in [3.8, 4) is 0 Å². The number of nitrogens with zero attached hydrogens (tertiary/aromatic N) is 1. The Hall–Kier alpha value is -1.13. The molecule has 0 aromatic carbocycles. The van der Waals surface area contributed by atoms with Crippen molar-refractivity contribution >= 4 is 0 Å². The molecule has 14 heavy (non-hydrogen) atoms. The van der Waals surface area contributed by atoms with Gasteiger partial charge in [-0.2, -0.15) is 0 Å². The molecule has 1 heterocycles. The standard InChI is InChI=1S/C10H15NO3/c1-8-4-5-9(12)11(6-8)7-10(13-2)14-3/h4-6,10H,7H2,1-3H3. The molecule has 0 fully saturated rings. The summed E-state index contributed by atoms with van der Waals surface area (Å²) in [6, 6.07) is 3.32. The van der Waals surface area contributed by atoms with Gasteiger partial charge in [-0.15, -0.1) is 0 Å². The van der Waals surface area contributed by atoms with Crippen molar-refractivity contribution in [3.05, 3.63) is 34.2 Å². The first kappa shape index (κ1) is 10.9. The monoisotopic (exact) mass is 197 g/mol. The van der Waals surface area contributed by atoms with Gasteiger partial charge >= 0.3 is 0 Å². The van der Waals surface area contributed by atoms with Crippen LogP contribution in [0.25, 0.3) is 0 Å². The van der Waals surface area contributed by atoms with Gasteiger partial charge in [0.1, 0.15) is 0 Å². The fourth-order valence-electron chi connectivity index (χ4n) is 1.20. The molecule has 0 aliphatic carbocycles. The lowest BCUT2D eigenvalue weighted by molar-refractivity contribution is -0.111. The van der Waals surface area contributed by atoms with E-state index in [9.17, 15) is 4.79 Å². The average Bonchev–Trinajstić information content (AvgIpc) is 2.19. The summed E-state index contributed by atoms with van der Waals surface area (Å²) in [5.41, 5.74) is 0.991.